The van der Waals surface area contributed by atoms with Crippen LogP contribution in [0.2, 0.25) is 0 Å². The van der Waals surface area contributed by atoms with Gasteiger partial charge in [0, 0.05) is 24.4 Å². The maximum absolute atomic E-state index is 12.3. The third-order valence-corrected chi connectivity index (χ3v) is 5.65. The highest BCUT2D eigenvalue weighted by Crippen LogP contribution is 2.32. The van der Waals surface area contributed by atoms with E-state index in [1.54, 1.807) is 30.3 Å². The molecular weight excluding hydrogens is 384 g/mol. The summed E-state index contributed by atoms with van der Waals surface area (Å²) < 4.78 is 0. The first kappa shape index (κ1) is 19.2. The van der Waals surface area contributed by atoms with E-state index < -0.39 is 0 Å². The van der Waals surface area contributed by atoms with Crippen molar-refractivity contribution in [2.24, 2.45) is 0 Å². The minimum atomic E-state index is -0.352. The van der Waals surface area contributed by atoms with Crippen LogP contribution in [-0.2, 0) is 16.0 Å². The molecule has 0 radical (unpaired) electrons. The number of imide groups is 1. The lowest BCUT2D eigenvalue weighted by molar-refractivity contribution is -0.124. The molecular formula is C19H18N2O4S2. The van der Waals surface area contributed by atoms with Crippen molar-refractivity contribution in [3.8, 4) is 5.75 Å². The Kier molecular flexibility index (Phi) is 6.31. The van der Waals surface area contributed by atoms with Crippen LogP contribution in [0.1, 0.15) is 16.9 Å². The Morgan fingerprint density at radius 1 is 1.19 bits per heavy atom. The van der Waals surface area contributed by atoms with E-state index in [0.29, 0.717) is 17.9 Å². The molecule has 3 rings (SSSR count). The van der Waals surface area contributed by atoms with Gasteiger partial charge >= 0.3 is 0 Å². The first-order valence-electron chi connectivity index (χ1n) is 8.36. The molecule has 1 fully saturated rings. The number of phenolic OH excluding ortho intramolecular Hbond substituents is 1. The Hall–Kier alpha value is -2.58. The molecule has 140 valence electrons. The van der Waals surface area contributed by atoms with Gasteiger partial charge < -0.3 is 10.4 Å². The van der Waals surface area contributed by atoms with Gasteiger partial charge in [0.25, 0.3) is 11.1 Å². The zero-order chi connectivity index (χ0) is 19.2. The predicted molar refractivity (Wildman–Crippen MR) is 106 cm³/mol. The van der Waals surface area contributed by atoms with Crippen molar-refractivity contribution in [1.29, 1.82) is 0 Å². The van der Waals surface area contributed by atoms with Gasteiger partial charge in [-0.3, -0.25) is 19.3 Å². The maximum Gasteiger partial charge on any atom is 0.293 e. The molecule has 0 spiro atoms. The van der Waals surface area contributed by atoms with Gasteiger partial charge in [-0.15, -0.1) is 11.3 Å². The fourth-order valence-corrected chi connectivity index (χ4v) is 4.09. The lowest BCUT2D eigenvalue weighted by Gasteiger charge is -2.12. The topological polar surface area (TPSA) is 86.7 Å². The average molecular weight is 402 g/mol. The Balaban J connectivity index is 1.45. The van der Waals surface area contributed by atoms with Crippen molar-refractivity contribution in [1.82, 2.24) is 10.2 Å². The summed E-state index contributed by atoms with van der Waals surface area (Å²) in [7, 11) is 0. The van der Waals surface area contributed by atoms with E-state index in [1.807, 2.05) is 17.5 Å². The number of carbonyl (C=O) groups excluding carboxylic acids is 3. The third-order valence-electron chi connectivity index (χ3n) is 3.92. The molecule has 27 heavy (non-hydrogen) atoms. The van der Waals surface area contributed by atoms with Gasteiger partial charge in [0.15, 0.2) is 0 Å². The van der Waals surface area contributed by atoms with Crippen molar-refractivity contribution in [3.63, 3.8) is 0 Å². The minimum Gasteiger partial charge on any atom is -0.508 e. The Bertz CT molecular complexity index is 860. The van der Waals surface area contributed by atoms with Gasteiger partial charge in [-0.2, -0.15) is 0 Å². The summed E-state index contributed by atoms with van der Waals surface area (Å²) in [5.41, 5.74) is 0.998. The molecule has 0 saturated carbocycles. The molecule has 0 aliphatic carbocycles. The highest BCUT2D eigenvalue weighted by Gasteiger charge is 2.35. The first-order chi connectivity index (χ1) is 13.0. The number of amides is 3. The van der Waals surface area contributed by atoms with E-state index in [1.165, 1.54) is 11.3 Å². The molecule has 2 N–H and O–H groups in total. The highest BCUT2D eigenvalue weighted by molar-refractivity contribution is 8.18. The summed E-state index contributed by atoms with van der Waals surface area (Å²) >= 11 is 2.39. The molecule has 1 aromatic carbocycles. The molecule has 2 aromatic rings. The summed E-state index contributed by atoms with van der Waals surface area (Å²) in [6, 6.07) is 10.5. The van der Waals surface area contributed by atoms with Crippen LogP contribution in [0, 0.1) is 0 Å². The lowest BCUT2D eigenvalue weighted by Crippen LogP contribution is -2.34. The van der Waals surface area contributed by atoms with Crippen molar-refractivity contribution < 1.29 is 19.5 Å². The highest BCUT2D eigenvalue weighted by atomic mass is 32.2. The van der Waals surface area contributed by atoms with Gasteiger partial charge in [-0.05, 0) is 53.4 Å². The Labute approximate surface area is 164 Å². The number of thiophene rings is 1. The molecule has 6 nitrogen and oxygen atoms in total. The van der Waals surface area contributed by atoms with Crippen LogP contribution in [0.5, 0.6) is 5.75 Å². The number of aromatic hydroxyl groups is 1. The number of phenols is 1. The largest absolute Gasteiger partial charge is 0.508 e. The predicted octanol–water partition coefficient (Wildman–Crippen LogP) is 3.24. The standard InChI is InChI=1S/C19H18N2O4S2/c22-14-5-3-13(4-6-14)7-9-20-17(23)8-10-21-18(24)16(27-19(21)25)12-15-2-1-11-26-15/h1-6,11-12,22H,7-10H2,(H,20,23)/b16-12-. The van der Waals surface area contributed by atoms with Gasteiger partial charge in [-0.1, -0.05) is 18.2 Å². The number of carbonyl (C=O) groups is 3. The Morgan fingerprint density at radius 3 is 2.67 bits per heavy atom. The normalized spacial score (nSPS) is 15.6. The zero-order valence-electron chi connectivity index (χ0n) is 14.4. The fraction of sp³-hybridized carbons (Fsp3) is 0.211. The van der Waals surface area contributed by atoms with Gasteiger partial charge in [0.05, 0.1) is 4.91 Å². The second-order valence-electron chi connectivity index (χ2n) is 5.87. The van der Waals surface area contributed by atoms with Crippen LogP contribution in [0.25, 0.3) is 6.08 Å². The van der Waals surface area contributed by atoms with Crippen molar-refractivity contribution in [2.45, 2.75) is 12.8 Å². The Morgan fingerprint density at radius 2 is 1.96 bits per heavy atom. The summed E-state index contributed by atoms with van der Waals surface area (Å²) in [6.07, 6.45) is 2.41. The molecule has 1 saturated heterocycles. The molecule has 1 aliphatic heterocycles. The summed E-state index contributed by atoms with van der Waals surface area (Å²) in [6.45, 7) is 0.515. The van der Waals surface area contributed by atoms with Gasteiger partial charge in [-0.25, -0.2) is 0 Å². The van der Waals surface area contributed by atoms with Crippen LogP contribution in [-0.4, -0.2) is 40.1 Å². The number of nitrogens with one attached hydrogen (secondary N) is 1. The summed E-state index contributed by atoms with van der Waals surface area (Å²) in [5.74, 6) is -0.363. The zero-order valence-corrected chi connectivity index (χ0v) is 16.0. The van der Waals surface area contributed by atoms with E-state index in [0.717, 1.165) is 27.1 Å². The molecule has 1 aliphatic rings. The van der Waals surface area contributed by atoms with Crippen LogP contribution < -0.4 is 5.32 Å². The van der Waals surface area contributed by atoms with Crippen molar-refractivity contribution in [2.75, 3.05) is 13.1 Å². The number of rotatable bonds is 7. The van der Waals surface area contributed by atoms with Crippen molar-refractivity contribution >= 4 is 46.2 Å². The van der Waals surface area contributed by atoms with Crippen LogP contribution in [0.3, 0.4) is 0 Å². The van der Waals surface area contributed by atoms with E-state index in [4.69, 9.17) is 0 Å². The fourth-order valence-electron chi connectivity index (χ4n) is 2.51. The molecule has 0 atom stereocenters. The summed E-state index contributed by atoms with van der Waals surface area (Å²) in [4.78, 5) is 38.8. The van der Waals surface area contributed by atoms with E-state index in [-0.39, 0.29) is 35.8 Å². The molecule has 2 heterocycles. The maximum atomic E-state index is 12.3. The lowest BCUT2D eigenvalue weighted by atomic mass is 10.1. The number of hydrogen-bond donors (Lipinski definition) is 2. The van der Waals surface area contributed by atoms with E-state index in [9.17, 15) is 19.5 Å². The number of benzene rings is 1. The van der Waals surface area contributed by atoms with Gasteiger partial charge in [0.2, 0.25) is 5.91 Å². The first-order valence-corrected chi connectivity index (χ1v) is 10.1. The third kappa shape index (κ3) is 5.21. The SMILES string of the molecule is O=C(CCN1C(=O)S/C(=C\c2cccs2)C1=O)NCCc1ccc(O)cc1. The van der Waals surface area contributed by atoms with Crippen LogP contribution >= 0.6 is 23.1 Å². The monoisotopic (exact) mass is 402 g/mol. The minimum absolute atomic E-state index is 0.0670. The molecule has 3 amide bonds. The van der Waals surface area contributed by atoms with Crippen LogP contribution in [0.15, 0.2) is 46.7 Å². The number of nitrogens with zero attached hydrogens (tertiary/aromatic N) is 1. The summed E-state index contributed by atoms with van der Waals surface area (Å²) in [5, 5.41) is 13.6. The average Bonchev–Trinajstić information content (AvgIpc) is 3.24. The van der Waals surface area contributed by atoms with E-state index in [2.05, 4.69) is 5.32 Å². The number of hydrogen-bond acceptors (Lipinski definition) is 6. The quantitative estimate of drug-likeness (QED) is 0.695. The second-order valence-corrected chi connectivity index (χ2v) is 7.84. The number of thioether (sulfide) groups is 1. The van der Waals surface area contributed by atoms with Crippen molar-refractivity contribution in [3.05, 3.63) is 57.1 Å². The molecule has 8 heteroatoms. The van der Waals surface area contributed by atoms with Crippen LogP contribution in [0.4, 0.5) is 4.79 Å². The van der Waals surface area contributed by atoms with E-state index >= 15 is 0 Å². The second kappa shape index (κ2) is 8.88. The smallest absolute Gasteiger partial charge is 0.293 e. The molecule has 0 bridgehead atoms. The van der Waals surface area contributed by atoms with Gasteiger partial charge in [0.1, 0.15) is 5.75 Å². The molecule has 1 aromatic heterocycles. The molecule has 0 unspecified atom stereocenters.